The van der Waals surface area contributed by atoms with Gasteiger partial charge in [0.1, 0.15) is 0 Å². The number of amides is 1. The van der Waals surface area contributed by atoms with Gasteiger partial charge in [-0.05, 0) is 0 Å². The van der Waals surface area contributed by atoms with Gasteiger partial charge in [0.2, 0.25) is 0 Å². The van der Waals surface area contributed by atoms with Gasteiger partial charge in [0.25, 0.3) is 0 Å². The van der Waals surface area contributed by atoms with Crippen LogP contribution in [-0.2, 0) is 0 Å². The van der Waals surface area contributed by atoms with E-state index in [0.29, 0.717) is 0 Å². The van der Waals surface area contributed by atoms with Gasteiger partial charge in [-0.25, -0.2) is 0 Å². The van der Waals surface area contributed by atoms with Crippen LogP contribution >= 0.6 is 0 Å². The number of carbonyl (C=O) groups is 1. The van der Waals surface area contributed by atoms with Crippen molar-refractivity contribution >= 4 is 20.8 Å². The molecule has 0 unspecified atom stereocenters. The minimum absolute atomic E-state index is 0.0880. The van der Waals surface area contributed by atoms with E-state index >= 15 is 0 Å². The number of rotatable bonds is 1. The molecule has 0 saturated heterocycles. The molecule has 0 heterocycles. The standard InChI is InChI=1S/C4H9NOSe/c1-3(2)5-4(6)7/h3H,1-2H3,(H2,5,6,7)/p-1. The number of nitrogens with one attached hydrogen (secondary N) is 1. The maximum atomic E-state index is 10.1. The Hall–Kier alpha value is -0.0105. The first-order chi connectivity index (χ1) is 3.13. The summed E-state index contributed by atoms with van der Waals surface area (Å²) in [5.74, 6) is 0. The van der Waals surface area contributed by atoms with Crippen molar-refractivity contribution in [1.29, 1.82) is 0 Å². The van der Waals surface area contributed by atoms with Crippen LogP contribution in [-0.4, -0.2) is 26.9 Å². The molecule has 42 valence electrons. The van der Waals surface area contributed by atoms with Gasteiger partial charge in [0, 0.05) is 0 Å². The second kappa shape index (κ2) is 3.05. The van der Waals surface area contributed by atoms with E-state index in [1.807, 2.05) is 13.8 Å². The Balaban J connectivity index is 3.13. The van der Waals surface area contributed by atoms with E-state index in [1.165, 1.54) is 0 Å². The Bertz CT molecular complexity index is 72.1. The van der Waals surface area contributed by atoms with E-state index in [9.17, 15) is 4.79 Å². The summed E-state index contributed by atoms with van der Waals surface area (Å²) in [5, 5.41) is 2.61. The summed E-state index contributed by atoms with van der Waals surface area (Å²) in [5.41, 5.74) is 0. The predicted molar refractivity (Wildman–Crippen MR) is 29.4 cm³/mol. The quantitative estimate of drug-likeness (QED) is 0.555. The van der Waals surface area contributed by atoms with Crippen molar-refractivity contribution < 1.29 is 4.79 Å². The SMILES string of the molecule is CC(C)NC(=O)[Se-]. The molecule has 0 spiro atoms. The molecule has 0 aromatic rings. The zero-order valence-corrected chi connectivity index (χ0v) is 6.11. The van der Waals surface area contributed by atoms with Crippen molar-refractivity contribution in [3.63, 3.8) is 0 Å². The zero-order chi connectivity index (χ0) is 5.86. The van der Waals surface area contributed by atoms with Gasteiger partial charge < -0.3 is 0 Å². The van der Waals surface area contributed by atoms with Crippen molar-refractivity contribution in [1.82, 2.24) is 5.32 Å². The Morgan fingerprint density at radius 2 is 2.14 bits per heavy atom. The predicted octanol–water partition coefficient (Wildman–Crippen LogP) is 0.273. The van der Waals surface area contributed by atoms with Gasteiger partial charge in [-0.15, -0.1) is 0 Å². The van der Waals surface area contributed by atoms with E-state index in [0.717, 1.165) is 0 Å². The summed E-state index contributed by atoms with van der Waals surface area (Å²) < 4.78 is 0. The van der Waals surface area contributed by atoms with Crippen LogP contribution in [0.3, 0.4) is 0 Å². The van der Waals surface area contributed by atoms with Crippen LogP contribution in [0.15, 0.2) is 0 Å². The van der Waals surface area contributed by atoms with Crippen molar-refractivity contribution in [2.24, 2.45) is 0 Å². The molecule has 3 heteroatoms. The van der Waals surface area contributed by atoms with Gasteiger partial charge in [-0.2, -0.15) is 0 Å². The van der Waals surface area contributed by atoms with Crippen molar-refractivity contribution in [2.75, 3.05) is 0 Å². The third-order valence-electron chi connectivity index (χ3n) is 0.407. The van der Waals surface area contributed by atoms with E-state index < -0.39 is 0 Å². The molecule has 0 aliphatic rings. The Labute approximate surface area is 51.5 Å². The van der Waals surface area contributed by atoms with Crippen molar-refractivity contribution in [2.45, 2.75) is 19.9 Å². The molecule has 0 aliphatic carbocycles. The average Bonchev–Trinajstić information content (AvgIpc) is 1.27. The van der Waals surface area contributed by atoms with Gasteiger partial charge in [0.15, 0.2) is 0 Å². The number of carbonyl (C=O) groups excluding carboxylic acids is 1. The second-order valence-corrected chi connectivity index (χ2v) is 2.36. The van der Waals surface area contributed by atoms with Crippen LogP contribution in [0.4, 0.5) is 4.79 Å². The Morgan fingerprint density at radius 1 is 1.71 bits per heavy atom. The Morgan fingerprint density at radius 3 is 2.14 bits per heavy atom. The number of hydrogen-bond acceptors (Lipinski definition) is 1. The summed E-state index contributed by atoms with van der Waals surface area (Å²) >= 11 is 2.32. The van der Waals surface area contributed by atoms with E-state index in [-0.39, 0.29) is 10.8 Å². The van der Waals surface area contributed by atoms with E-state index in [2.05, 4.69) is 21.3 Å². The molecular formula is C4H8NOSe-. The molecule has 0 aromatic carbocycles. The molecule has 0 saturated carbocycles. The fourth-order valence-electron chi connectivity index (χ4n) is 0.236. The zero-order valence-electron chi connectivity index (χ0n) is 4.39. The van der Waals surface area contributed by atoms with Crippen molar-refractivity contribution in [3.8, 4) is 0 Å². The molecule has 7 heavy (non-hydrogen) atoms. The summed E-state index contributed by atoms with van der Waals surface area (Å²) in [6.07, 6.45) is 0. The molecule has 0 aromatic heterocycles. The monoisotopic (exact) mass is 166 g/mol. The van der Waals surface area contributed by atoms with Crippen LogP contribution in [0.2, 0.25) is 0 Å². The summed E-state index contributed by atoms with van der Waals surface area (Å²) in [6.45, 7) is 3.82. The van der Waals surface area contributed by atoms with E-state index in [1.54, 1.807) is 0 Å². The molecule has 1 N–H and O–H groups in total. The first-order valence-electron chi connectivity index (χ1n) is 2.10. The molecule has 0 fully saturated rings. The third kappa shape index (κ3) is 5.99. The average molecular weight is 165 g/mol. The van der Waals surface area contributed by atoms with Crippen LogP contribution in [0.5, 0.6) is 0 Å². The summed E-state index contributed by atoms with van der Waals surface area (Å²) in [7, 11) is 0. The summed E-state index contributed by atoms with van der Waals surface area (Å²) in [6, 6.07) is 0.244. The molecule has 1 amide bonds. The van der Waals surface area contributed by atoms with Crippen LogP contribution < -0.4 is 5.32 Å². The first kappa shape index (κ1) is 6.99. The van der Waals surface area contributed by atoms with Gasteiger partial charge >= 0.3 is 50.8 Å². The molecule has 0 radical (unpaired) electrons. The minimum atomic E-state index is -0.0880. The van der Waals surface area contributed by atoms with Crippen LogP contribution in [0.1, 0.15) is 13.8 Å². The Kier molecular flexibility index (Phi) is 3.05. The molecule has 0 bridgehead atoms. The van der Waals surface area contributed by atoms with Gasteiger partial charge in [0.05, 0.1) is 0 Å². The molecule has 0 rings (SSSR count). The van der Waals surface area contributed by atoms with Crippen LogP contribution in [0.25, 0.3) is 0 Å². The molecule has 0 aliphatic heterocycles. The normalized spacial score (nSPS) is 9.00. The first-order valence-corrected chi connectivity index (χ1v) is 2.96. The molecular weight excluding hydrogens is 157 g/mol. The fourth-order valence-corrected chi connectivity index (χ4v) is 0.730. The number of hydrogen-bond donors (Lipinski definition) is 1. The topological polar surface area (TPSA) is 29.1 Å². The fraction of sp³-hybridized carbons (Fsp3) is 0.750. The van der Waals surface area contributed by atoms with Crippen molar-refractivity contribution in [3.05, 3.63) is 0 Å². The maximum absolute atomic E-state index is 10.1. The summed E-state index contributed by atoms with van der Waals surface area (Å²) in [4.78, 5) is 10.00. The van der Waals surface area contributed by atoms with Gasteiger partial charge in [-0.1, -0.05) is 0 Å². The molecule has 2 nitrogen and oxygen atoms in total. The van der Waals surface area contributed by atoms with Crippen LogP contribution in [0, 0.1) is 0 Å². The van der Waals surface area contributed by atoms with Gasteiger partial charge in [-0.3, -0.25) is 0 Å². The third-order valence-corrected chi connectivity index (χ3v) is 0.654. The van der Waals surface area contributed by atoms with E-state index in [4.69, 9.17) is 0 Å². The molecule has 0 atom stereocenters. The second-order valence-electron chi connectivity index (χ2n) is 1.59.